The van der Waals surface area contributed by atoms with Gasteiger partial charge in [0.2, 0.25) is 0 Å². The molecule has 1 aliphatic rings. The highest BCUT2D eigenvalue weighted by Crippen LogP contribution is 2.25. The minimum absolute atomic E-state index is 0.302. The standard InChI is InChI=1S/C14H18FN3O/c1-2-7-16-14(19)17-11-5-6-13(12(15)10-11)18-8-3-4-9-18/h2,5-6,10H,1,3-4,7-9H2,(H2,16,17,19). The number of amides is 2. The second-order valence-electron chi connectivity index (χ2n) is 4.48. The van der Waals surface area contributed by atoms with Crippen molar-refractivity contribution in [3.05, 3.63) is 36.7 Å². The zero-order chi connectivity index (χ0) is 13.7. The highest BCUT2D eigenvalue weighted by molar-refractivity contribution is 5.89. The fraction of sp³-hybridized carbons (Fsp3) is 0.357. The van der Waals surface area contributed by atoms with E-state index < -0.39 is 0 Å². The molecule has 5 heteroatoms. The van der Waals surface area contributed by atoms with Crippen molar-refractivity contribution < 1.29 is 9.18 Å². The molecular formula is C14H18FN3O. The lowest BCUT2D eigenvalue weighted by atomic mass is 10.2. The van der Waals surface area contributed by atoms with Crippen LogP contribution >= 0.6 is 0 Å². The molecule has 1 heterocycles. The third-order valence-electron chi connectivity index (χ3n) is 3.06. The Hall–Kier alpha value is -2.04. The molecule has 0 unspecified atom stereocenters. The molecule has 2 amide bonds. The minimum atomic E-state index is -0.367. The van der Waals surface area contributed by atoms with E-state index in [0.717, 1.165) is 25.9 Å². The molecule has 1 fully saturated rings. The van der Waals surface area contributed by atoms with Crippen LogP contribution in [0.15, 0.2) is 30.9 Å². The smallest absolute Gasteiger partial charge is 0.319 e. The Bertz CT molecular complexity index is 470. The monoisotopic (exact) mass is 263 g/mol. The van der Waals surface area contributed by atoms with E-state index in [-0.39, 0.29) is 11.8 Å². The predicted molar refractivity (Wildman–Crippen MR) is 75.1 cm³/mol. The van der Waals surface area contributed by atoms with Crippen LogP contribution in [0.2, 0.25) is 0 Å². The summed E-state index contributed by atoms with van der Waals surface area (Å²) in [6, 6.07) is 4.41. The summed E-state index contributed by atoms with van der Waals surface area (Å²) in [7, 11) is 0. The van der Waals surface area contributed by atoms with Gasteiger partial charge in [0.05, 0.1) is 5.69 Å². The van der Waals surface area contributed by atoms with Gasteiger partial charge in [0, 0.05) is 25.3 Å². The lowest BCUT2D eigenvalue weighted by Crippen LogP contribution is -2.28. The van der Waals surface area contributed by atoms with Gasteiger partial charge in [-0.15, -0.1) is 6.58 Å². The Balaban J connectivity index is 2.01. The zero-order valence-corrected chi connectivity index (χ0v) is 10.8. The van der Waals surface area contributed by atoms with E-state index in [9.17, 15) is 9.18 Å². The van der Waals surface area contributed by atoms with Gasteiger partial charge < -0.3 is 15.5 Å². The molecule has 102 valence electrons. The molecule has 0 aliphatic carbocycles. The summed E-state index contributed by atoms with van der Waals surface area (Å²) in [5.74, 6) is -0.302. The van der Waals surface area contributed by atoms with E-state index >= 15 is 0 Å². The minimum Gasteiger partial charge on any atom is -0.369 e. The van der Waals surface area contributed by atoms with E-state index in [0.29, 0.717) is 17.9 Å². The quantitative estimate of drug-likeness (QED) is 0.820. The van der Waals surface area contributed by atoms with Crippen LogP contribution in [0.4, 0.5) is 20.6 Å². The third-order valence-corrected chi connectivity index (χ3v) is 3.06. The number of rotatable bonds is 4. The van der Waals surface area contributed by atoms with Crippen LogP contribution in [0.5, 0.6) is 0 Å². The summed E-state index contributed by atoms with van der Waals surface area (Å²) in [5, 5.41) is 5.15. The first-order chi connectivity index (χ1) is 9.20. The van der Waals surface area contributed by atoms with Crippen LogP contribution in [0.1, 0.15) is 12.8 Å². The summed E-state index contributed by atoms with van der Waals surface area (Å²) in [6.07, 6.45) is 3.78. The third kappa shape index (κ3) is 3.47. The van der Waals surface area contributed by atoms with Crippen LogP contribution in [0.3, 0.4) is 0 Å². The van der Waals surface area contributed by atoms with Gasteiger partial charge in [-0.1, -0.05) is 6.08 Å². The molecule has 1 saturated heterocycles. The van der Waals surface area contributed by atoms with Crippen molar-refractivity contribution in [1.82, 2.24) is 5.32 Å². The van der Waals surface area contributed by atoms with Crippen LogP contribution < -0.4 is 15.5 Å². The maximum absolute atomic E-state index is 14.0. The topological polar surface area (TPSA) is 44.4 Å². The van der Waals surface area contributed by atoms with Crippen molar-refractivity contribution in [2.75, 3.05) is 29.9 Å². The van der Waals surface area contributed by atoms with Gasteiger partial charge in [0.25, 0.3) is 0 Å². The molecule has 0 aromatic heterocycles. The molecular weight excluding hydrogens is 245 g/mol. The highest BCUT2D eigenvalue weighted by atomic mass is 19.1. The summed E-state index contributed by atoms with van der Waals surface area (Å²) in [4.78, 5) is 13.4. The summed E-state index contributed by atoms with van der Waals surface area (Å²) >= 11 is 0. The molecule has 1 aromatic carbocycles. The Kier molecular flexibility index (Phi) is 4.39. The first-order valence-corrected chi connectivity index (χ1v) is 6.41. The number of carbonyl (C=O) groups excluding carboxylic acids is 1. The van der Waals surface area contributed by atoms with Crippen molar-refractivity contribution in [2.45, 2.75) is 12.8 Å². The van der Waals surface area contributed by atoms with E-state index in [2.05, 4.69) is 17.2 Å². The second kappa shape index (κ2) is 6.22. The highest BCUT2D eigenvalue weighted by Gasteiger charge is 2.16. The zero-order valence-electron chi connectivity index (χ0n) is 10.8. The Morgan fingerprint density at radius 3 is 2.79 bits per heavy atom. The van der Waals surface area contributed by atoms with Crippen LogP contribution in [0, 0.1) is 5.82 Å². The fourth-order valence-electron chi connectivity index (χ4n) is 2.14. The average molecular weight is 263 g/mol. The van der Waals surface area contributed by atoms with Gasteiger partial charge in [-0.3, -0.25) is 0 Å². The van der Waals surface area contributed by atoms with Gasteiger partial charge in [-0.25, -0.2) is 9.18 Å². The number of hydrogen-bond acceptors (Lipinski definition) is 2. The van der Waals surface area contributed by atoms with E-state index in [1.165, 1.54) is 6.07 Å². The summed E-state index contributed by atoms with van der Waals surface area (Å²) < 4.78 is 14.0. The van der Waals surface area contributed by atoms with E-state index in [4.69, 9.17) is 0 Å². The van der Waals surface area contributed by atoms with Crippen molar-refractivity contribution in [1.29, 1.82) is 0 Å². The van der Waals surface area contributed by atoms with Crippen LogP contribution in [-0.2, 0) is 0 Å². The second-order valence-corrected chi connectivity index (χ2v) is 4.48. The number of urea groups is 1. The summed E-state index contributed by atoms with van der Waals surface area (Å²) in [6.45, 7) is 5.66. The normalized spacial score (nSPS) is 14.3. The lowest BCUT2D eigenvalue weighted by molar-refractivity contribution is 0.253. The first kappa shape index (κ1) is 13.4. The van der Waals surface area contributed by atoms with Gasteiger partial charge in [-0.2, -0.15) is 0 Å². The molecule has 2 N–H and O–H groups in total. The first-order valence-electron chi connectivity index (χ1n) is 6.41. The molecule has 0 spiro atoms. The Morgan fingerprint density at radius 2 is 2.16 bits per heavy atom. The average Bonchev–Trinajstić information content (AvgIpc) is 2.90. The van der Waals surface area contributed by atoms with Gasteiger partial charge in [0.15, 0.2) is 0 Å². The van der Waals surface area contributed by atoms with E-state index in [1.807, 2.05) is 4.90 Å². The van der Waals surface area contributed by atoms with Crippen LogP contribution in [-0.4, -0.2) is 25.7 Å². The molecule has 1 aromatic rings. The van der Waals surface area contributed by atoms with E-state index in [1.54, 1.807) is 18.2 Å². The Labute approximate surface area is 112 Å². The lowest BCUT2D eigenvalue weighted by Gasteiger charge is -2.18. The maximum atomic E-state index is 14.0. The molecule has 1 aliphatic heterocycles. The van der Waals surface area contributed by atoms with Crippen molar-refractivity contribution in [3.63, 3.8) is 0 Å². The molecule has 0 atom stereocenters. The summed E-state index contributed by atoms with van der Waals surface area (Å²) in [5.41, 5.74) is 1.05. The molecule has 0 radical (unpaired) electrons. The van der Waals surface area contributed by atoms with Gasteiger partial charge >= 0.3 is 6.03 Å². The molecule has 4 nitrogen and oxygen atoms in total. The number of halogens is 1. The van der Waals surface area contributed by atoms with Crippen molar-refractivity contribution >= 4 is 17.4 Å². The van der Waals surface area contributed by atoms with Gasteiger partial charge in [0.1, 0.15) is 5.82 Å². The molecule has 0 bridgehead atoms. The van der Waals surface area contributed by atoms with Crippen molar-refractivity contribution in [3.8, 4) is 0 Å². The van der Waals surface area contributed by atoms with Crippen LogP contribution in [0.25, 0.3) is 0 Å². The molecule has 19 heavy (non-hydrogen) atoms. The SMILES string of the molecule is C=CCNC(=O)Nc1ccc(N2CCCC2)c(F)c1. The largest absolute Gasteiger partial charge is 0.369 e. The number of carbonyl (C=O) groups is 1. The predicted octanol–water partition coefficient (Wildman–Crippen LogP) is 2.73. The number of anilines is 2. The van der Waals surface area contributed by atoms with Gasteiger partial charge in [-0.05, 0) is 31.0 Å². The fourth-order valence-corrected chi connectivity index (χ4v) is 2.14. The van der Waals surface area contributed by atoms with Crippen molar-refractivity contribution in [2.24, 2.45) is 0 Å². The number of benzene rings is 1. The molecule has 0 saturated carbocycles. The number of hydrogen-bond donors (Lipinski definition) is 2. The maximum Gasteiger partial charge on any atom is 0.319 e. The number of nitrogens with one attached hydrogen (secondary N) is 2. The number of nitrogens with zero attached hydrogens (tertiary/aromatic N) is 1. The molecule has 2 rings (SSSR count). The Morgan fingerprint density at radius 1 is 1.42 bits per heavy atom.